The number of nitrogens with zero attached hydrogens (tertiary/aromatic N) is 4. The molecule has 11 rings (SSSR count). The van der Waals surface area contributed by atoms with Crippen molar-refractivity contribution >= 4 is 47.8 Å². The van der Waals surface area contributed by atoms with Crippen LogP contribution in [0.25, 0.3) is 104 Å². The quantitative estimate of drug-likeness (QED) is 0.171. The van der Waals surface area contributed by atoms with E-state index in [-0.39, 0.29) is 0 Å². The molecule has 262 valence electrons. The second-order valence-corrected chi connectivity index (χ2v) is 15.1. The summed E-state index contributed by atoms with van der Waals surface area (Å²) in [4.78, 5) is 10.5. The van der Waals surface area contributed by atoms with E-state index in [9.17, 15) is 0 Å². The fraction of sp³-hybridized carbons (Fsp3) is 0. The van der Waals surface area contributed by atoms with Gasteiger partial charge in [0.2, 0.25) is 0 Å². The van der Waals surface area contributed by atoms with Crippen LogP contribution in [0.5, 0.6) is 0 Å². The van der Waals surface area contributed by atoms with Crippen LogP contribution in [0.1, 0.15) is 0 Å². The molecule has 0 aliphatic rings. The molecule has 0 aliphatic carbocycles. The SMILES string of the molecule is c1ccc(-c2cc(-c3cccc(-c4cc5ccccc5c5c(-c6ccccc6)c(-c6ccccc6)nn45)c3)nc(-c3ccc4sc5ccccc5c4c3)n2)cc1. The molecule has 0 saturated carbocycles. The molecule has 0 N–H and O–H groups in total. The second-order valence-electron chi connectivity index (χ2n) is 14.1. The Balaban J connectivity index is 1.12. The molecule has 56 heavy (non-hydrogen) atoms. The molecule has 0 saturated heterocycles. The summed E-state index contributed by atoms with van der Waals surface area (Å²) in [5, 5.41) is 10.2. The van der Waals surface area contributed by atoms with E-state index in [0.29, 0.717) is 5.82 Å². The number of benzene rings is 7. The predicted octanol–water partition coefficient (Wildman–Crippen LogP) is 13.6. The van der Waals surface area contributed by atoms with Crippen LogP contribution < -0.4 is 0 Å². The van der Waals surface area contributed by atoms with Gasteiger partial charge in [-0.25, -0.2) is 14.5 Å². The van der Waals surface area contributed by atoms with Gasteiger partial charge in [0.15, 0.2) is 5.82 Å². The van der Waals surface area contributed by atoms with Gasteiger partial charge >= 0.3 is 0 Å². The zero-order chi connectivity index (χ0) is 37.0. The Morgan fingerprint density at radius 3 is 1.79 bits per heavy atom. The van der Waals surface area contributed by atoms with E-state index in [1.165, 1.54) is 20.2 Å². The molecule has 4 nitrogen and oxygen atoms in total. The minimum atomic E-state index is 0.698. The van der Waals surface area contributed by atoms with Gasteiger partial charge in [-0.1, -0.05) is 152 Å². The summed E-state index contributed by atoms with van der Waals surface area (Å²) in [6.07, 6.45) is 0. The summed E-state index contributed by atoms with van der Waals surface area (Å²) in [5.41, 5.74) is 12.2. The fourth-order valence-corrected chi connectivity index (χ4v) is 9.04. The molecule has 5 heteroatoms. The Labute approximate surface area is 327 Å². The maximum Gasteiger partial charge on any atom is 0.160 e. The molecule has 4 aromatic heterocycles. The van der Waals surface area contributed by atoms with Gasteiger partial charge in [0.25, 0.3) is 0 Å². The van der Waals surface area contributed by atoms with Gasteiger partial charge in [-0.15, -0.1) is 11.3 Å². The number of thiophene rings is 1. The first-order valence-corrected chi connectivity index (χ1v) is 19.6. The van der Waals surface area contributed by atoms with Crippen molar-refractivity contribution < 1.29 is 0 Å². The Bertz CT molecular complexity index is 3240. The highest BCUT2D eigenvalue weighted by atomic mass is 32.1. The molecule has 0 radical (unpaired) electrons. The molecule has 0 bridgehead atoms. The van der Waals surface area contributed by atoms with Gasteiger partial charge in [0.1, 0.15) is 5.69 Å². The van der Waals surface area contributed by atoms with E-state index >= 15 is 0 Å². The van der Waals surface area contributed by atoms with E-state index in [4.69, 9.17) is 15.1 Å². The number of hydrogen-bond acceptors (Lipinski definition) is 4. The Hall–Kier alpha value is -7.21. The summed E-state index contributed by atoms with van der Waals surface area (Å²) in [6.45, 7) is 0. The van der Waals surface area contributed by atoms with Crippen LogP contribution in [-0.2, 0) is 0 Å². The van der Waals surface area contributed by atoms with Crippen molar-refractivity contribution in [2.75, 3.05) is 0 Å². The van der Waals surface area contributed by atoms with Gasteiger partial charge in [0, 0.05) is 58.9 Å². The Morgan fingerprint density at radius 1 is 0.393 bits per heavy atom. The van der Waals surface area contributed by atoms with Gasteiger partial charge in [0.05, 0.1) is 22.6 Å². The normalized spacial score (nSPS) is 11.6. The first kappa shape index (κ1) is 32.2. The highest BCUT2D eigenvalue weighted by molar-refractivity contribution is 7.25. The number of pyridine rings is 1. The van der Waals surface area contributed by atoms with E-state index in [0.717, 1.165) is 78.0 Å². The van der Waals surface area contributed by atoms with Crippen molar-refractivity contribution in [2.45, 2.75) is 0 Å². The van der Waals surface area contributed by atoms with Crippen molar-refractivity contribution in [3.05, 3.63) is 194 Å². The van der Waals surface area contributed by atoms with E-state index in [1.54, 1.807) is 0 Å². The molecule has 4 heterocycles. The van der Waals surface area contributed by atoms with Crippen molar-refractivity contribution in [1.82, 2.24) is 19.6 Å². The average molecular weight is 733 g/mol. The standard InChI is InChI=1S/C51H32N4S/c1-4-15-33(16-5-1)43-32-44(53-51(52-43)39-27-28-47-42(30-39)41-25-12-13-26-46(41)56-47)37-22-14-23-38(29-37)45-31-36-21-10-11-24-40(36)50-48(34-17-6-2-7-18-34)49(54-55(45)50)35-19-8-3-9-20-35/h1-32H. The minimum Gasteiger partial charge on any atom is -0.231 e. The van der Waals surface area contributed by atoms with Crippen LogP contribution in [0, 0.1) is 0 Å². The maximum absolute atomic E-state index is 5.43. The molecular formula is C51H32N4S. The zero-order valence-electron chi connectivity index (χ0n) is 30.2. The van der Waals surface area contributed by atoms with Crippen LogP contribution in [0.2, 0.25) is 0 Å². The lowest BCUT2D eigenvalue weighted by Gasteiger charge is -2.13. The van der Waals surface area contributed by atoms with Crippen LogP contribution >= 0.6 is 11.3 Å². The molecule has 7 aromatic carbocycles. The van der Waals surface area contributed by atoms with Gasteiger partial charge in [-0.2, -0.15) is 5.10 Å². The summed E-state index contributed by atoms with van der Waals surface area (Å²) in [7, 11) is 0. The molecule has 0 unspecified atom stereocenters. The van der Waals surface area contributed by atoms with E-state index in [2.05, 4.69) is 193 Å². The van der Waals surface area contributed by atoms with E-state index < -0.39 is 0 Å². The zero-order valence-corrected chi connectivity index (χ0v) is 31.0. The smallest absolute Gasteiger partial charge is 0.160 e. The topological polar surface area (TPSA) is 43.1 Å². The molecule has 11 aromatic rings. The molecular weight excluding hydrogens is 701 g/mol. The van der Waals surface area contributed by atoms with Crippen LogP contribution in [-0.4, -0.2) is 19.6 Å². The minimum absolute atomic E-state index is 0.698. The van der Waals surface area contributed by atoms with E-state index in [1.807, 2.05) is 17.4 Å². The van der Waals surface area contributed by atoms with Crippen molar-refractivity contribution in [2.24, 2.45) is 0 Å². The summed E-state index contributed by atoms with van der Waals surface area (Å²) >= 11 is 1.82. The number of rotatable bonds is 6. The molecule has 0 aliphatic heterocycles. The average Bonchev–Trinajstić information content (AvgIpc) is 3.86. The van der Waals surface area contributed by atoms with Gasteiger partial charge in [-0.3, -0.25) is 0 Å². The maximum atomic E-state index is 5.43. The summed E-state index contributed by atoms with van der Waals surface area (Å²) in [6, 6.07) is 68.4. The molecule has 0 spiro atoms. The third-order valence-corrected chi connectivity index (χ3v) is 11.8. The lowest BCUT2D eigenvalue weighted by molar-refractivity contribution is 0.979. The number of fused-ring (bicyclic) bond motifs is 6. The third kappa shape index (κ3) is 5.48. The largest absolute Gasteiger partial charge is 0.231 e. The highest BCUT2D eigenvalue weighted by Crippen LogP contribution is 2.42. The van der Waals surface area contributed by atoms with Crippen molar-refractivity contribution in [3.63, 3.8) is 0 Å². The first-order valence-electron chi connectivity index (χ1n) is 18.8. The monoisotopic (exact) mass is 732 g/mol. The highest BCUT2D eigenvalue weighted by Gasteiger charge is 2.22. The first-order chi connectivity index (χ1) is 27.7. The Morgan fingerprint density at radius 2 is 1.00 bits per heavy atom. The van der Waals surface area contributed by atoms with Crippen molar-refractivity contribution in [1.29, 1.82) is 0 Å². The second kappa shape index (κ2) is 13.3. The summed E-state index contributed by atoms with van der Waals surface area (Å²) in [5.74, 6) is 0.698. The Kier molecular flexibility index (Phi) is 7.64. The molecule has 0 fully saturated rings. The molecule has 0 atom stereocenters. The number of hydrogen-bond donors (Lipinski definition) is 0. The van der Waals surface area contributed by atoms with Gasteiger partial charge in [-0.05, 0) is 53.4 Å². The van der Waals surface area contributed by atoms with Crippen molar-refractivity contribution in [3.8, 4) is 67.5 Å². The third-order valence-electron chi connectivity index (χ3n) is 10.6. The van der Waals surface area contributed by atoms with Crippen LogP contribution in [0.3, 0.4) is 0 Å². The predicted molar refractivity (Wildman–Crippen MR) is 234 cm³/mol. The fourth-order valence-electron chi connectivity index (χ4n) is 7.95. The van der Waals surface area contributed by atoms with Gasteiger partial charge < -0.3 is 0 Å². The number of aromatic nitrogens is 4. The lowest BCUT2D eigenvalue weighted by Crippen LogP contribution is -1.98. The molecule has 0 amide bonds. The van der Waals surface area contributed by atoms with Crippen LogP contribution in [0.15, 0.2) is 194 Å². The lowest BCUT2D eigenvalue weighted by atomic mass is 9.96. The van der Waals surface area contributed by atoms with Crippen LogP contribution in [0.4, 0.5) is 0 Å². The summed E-state index contributed by atoms with van der Waals surface area (Å²) < 4.78 is 4.68.